The number of likely N-dealkylation sites (N-methyl/N-ethyl adjacent to an activating group) is 1. The van der Waals surface area contributed by atoms with Crippen molar-refractivity contribution in [3.05, 3.63) is 24.3 Å². The lowest BCUT2D eigenvalue weighted by Gasteiger charge is -2.30. The quantitative estimate of drug-likeness (QED) is 0.830. The highest BCUT2D eigenvalue weighted by Gasteiger charge is 2.25. The largest absolute Gasteiger partial charge is 0.360 e. The van der Waals surface area contributed by atoms with E-state index in [4.69, 9.17) is 0 Å². The Hall–Kier alpha value is -2.04. The molecule has 26 heavy (non-hydrogen) atoms. The van der Waals surface area contributed by atoms with Crippen LogP contribution >= 0.6 is 0 Å². The number of anilines is 2. The molecule has 0 N–H and O–H groups in total. The van der Waals surface area contributed by atoms with Gasteiger partial charge in [-0.3, -0.25) is 9.59 Å². The van der Waals surface area contributed by atoms with Gasteiger partial charge in [0.25, 0.3) is 0 Å². The Labute approximate surface area is 156 Å². The molecule has 1 aliphatic heterocycles. The molecule has 1 heterocycles. The van der Waals surface area contributed by atoms with Gasteiger partial charge in [-0.1, -0.05) is 31.4 Å². The summed E-state index contributed by atoms with van der Waals surface area (Å²) in [6.45, 7) is 4.36. The van der Waals surface area contributed by atoms with Crippen molar-refractivity contribution < 1.29 is 9.59 Å². The molecule has 0 bridgehead atoms. The summed E-state index contributed by atoms with van der Waals surface area (Å²) in [6.07, 6.45) is 7.30. The third kappa shape index (κ3) is 4.37. The zero-order valence-corrected chi connectivity index (χ0v) is 16.1. The van der Waals surface area contributed by atoms with E-state index in [1.807, 2.05) is 41.1 Å². The average molecular weight is 357 g/mol. The number of carbonyl (C=O) groups excluding carboxylic acids is 2. The minimum absolute atomic E-state index is 0.0556. The molecule has 0 saturated heterocycles. The second-order valence-electron chi connectivity index (χ2n) is 7.71. The van der Waals surface area contributed by atoms with Crippen LogP contribution in [0.5, 0.6) is 0 Å². The van der Waals surface area contributed by atoms with Crippen LogP contribution in [0.4, 0.5) is 11.4 Å². The molecule has 0 radical (unpaired) electrons. The van der Waals surface area contributed by atoms with Gasteiger partial charge < -0.3 is 14.7 Å². The molecule has 5 heteroatoms. The number of hydrogen-bond donors (Lipinski definition) is 0. The van der Waals surface area contributed by atoms with Crippen molar-refractivity contribution >= 4 is 23.2 Å². The second-order valence-corrected chi connectivity index (χ2v) is 7.71. The van der Waals surface area contributed by atoms with E-state index in [-0.39, 0.29) is 11.8 Å². The van der Waals surface area contributed by atoms with Gasteiger partial charge in [0.05, 0.1) is 17.9 Å². The molecule has 1 saturated carbocycles. The van der Waals surface area contributed by atoms with E-state index in [0.29, 0.717) is 19.0 Å². The minimum atomic E-state index is 0.0556. The third-order valence-electron chi connectivity index (χ3n) is 5.71. The lowest BCUT2D eigenvalue weighted by molar-refractivity contribution is -0.129. The third-order valence-corrected chi connectivity index (χ3v) is 5.71. The molecule has 2 amide bonds. The summed E-state index contributed by atoms with van der Waals surface area (Å²) in [6, 6.07) is 7.93. The Bertz CT molecular complexity index is 640. The smallest absolute Gasteiger partial charge is 0.241 e. The number of carbonyl (C=O) groups is 2. The maximum atomic E-state index is 12.8. The molecule has 1 fully saturated rings. The summed E-state index contributed by atoms with van der Waals surface area (Å²) in [4.78, 5) is 30.7. The second kappa shape index (κ2) is 8.56. The van der Waals surface area contributed by atoms with Crippen molar-refractivity contribution in [2.75, 3.05) is 43.0 Å². The molecule has 2 aliphatic rings. The van der Waals surface area contributed by atoms with Crippen LogP contribution in [0.15, 0.2) is 24.3 Å². The van der Waals surface area contributed by atoms with E-state index in [1.54, 1.807) is 6.92 Å². The van der Waals surface area contributed by atoms with Crippen molar-refractivity contribution in [2.24, 2.45) is 5.92 Å². The standard InChI is InChI=1S/C21H31N3O2/c1-17(25)24-14-8-13-23(19-11-6-7-12-20(19)24)16-21(26)22(2)15-18-9-4-3-5-10-18/h6-7,11-12,18H,3-5,8-10,13-16H2,1-2H3. The molecular weight excluding hydrogens is 326 g/mol. The summed E-state index contributed by atoms with van der Waals surface area (Å²) < 4.78 is 0. The van der Waals surface area contributed by atoms with Crippen LogP contribution in [-0.2, 0) is 9.59 Å². The monoisotopic (exact) mass is 357 g/mol. The molecule has 0 unspecified atom stereocenters. The first-order chi connectivity index (χ1) is 12.6. The Morgan fingerprint density at radius 2 is 1.73 bits per heavy atom. The number of para-hydroxylation sites is 2. The number of hydrogen-bond acceptors (Lipinski definition) is 3. The van der Waals surface area contributed by atoms with Crippen molar-refractivity contribution in [2.45, 2.75) is 45.4 Å². The molecule has 3 rings (SSSR count). The summed E-state index contributed by atoms with van der Waals surface area (Å²) >= 11 is 0. The van der Waals surface area contributed by atoms with E-state index >= 15 is 0 Å². The van der Waals surface area contributed by atoms with Crippen molar-refractivity contribution in [1.82, 2.24) is 4.90 Å². The normalized spacial score (nSPS) is 18.2. The van der Waals surface area contributed by atoms with Gasteiger partial charge in [0.1, 0.15) is 0 Å². The maximum absolute atomic E-state index is 12.8. The predicted molar refractivity (Wildman–Crippen MR) is 106 cm³/mol. The van der Waals surface area contributed by atoms with E-state index < -0.39 is 0 Å². The predicted octanol–water partition coefficient (Wildman–Crippen LogP) is 3.29. The number of fused-ring (bicyclic) bond motifs is 1. The Morgan fingerprint density at radius 1 is 1.04 bits per heavy atom. The highest BCUT2D eigenvalue weighted by Crippen LogP contribution is 2.32. The SMILES string of the molecule is CC(=O)N1CCCN(CC(=O)N(C)CC2CCCCC2)c2ccccc21. The van der Waals surface area contributed by atoms with Crippen LogP contribution in [0, 0.1) is 5.92 Å². The molecule has 5 nitrogen and oxygen atoms in total. The van der Waals surface area contributed by atoms with Gasteiger partial charge >= 0.3 is 0 Å². The molecule has 0 atom stereocenters. The molecule has 0 aromatic heterocycles. The van der Waals surface area contributed by atoms with Crippen molar-refractivity contribution in [3.8, 4) is 0 Å². The first kappa shape index (κ1) is 18.7. The molecule has 0 spiro atoms. The number of amides is 2. The Morgan fingerprint density at radius 3 is 2.42 bits per heavy atom. The summed E-state index contributed by atoms with van der Waals surface area (Å²) in [5.74, 6) is 0.879. The van der Waals surface area contributed by atoms with E-state index in [9.17, 15) is 9.59 Å². The molecule has 142 valence electrons. The van der Waals surface area contributed by atoms with Crippen molar-refractivity contribution in [1.29, 1.82) is 0 Å². The van der Waals surface area contributed by atoms with Crippen LogP contribution in [0.1, 0.15) is 45.4 Å². The van der Waals surface area contributed by atoms with Gasteiger partial charge in [-0.05, 0) is 37.3 Å². The lowest BCUT2D eigenvalue weighted by Crippen LogP contribution is -2.41. The van der Waals surface area contributed by atoms with Gasteiger partial charge in [0.2, 0.25) is 11.8 Å². The van der Waals surface area contributed by atoms with Crippen LogP contribution in [0.25, 0.3) is 0 Å². The fraction of sp³-hybridized carbons (Fsp3) is 0.619. The van der Waals surface area contributed by atoms with Crippen LogP contribution in [-0.4, -0.2) is 49.9 Å². The maximum Gasteiger partial charge on any atom is 0.241 e. The van der Waals surface area contributed by atoms with E-state index in [1.165, 1.54) is 32.1 Å². The van der Waals surface area contributed by atoms with Gasteiger partial charge in [0, 0.05) is 33.6 Å². The zero-order chi connectivity index (χ0) is 18.5. The van der Waals surface area contributed by atoms with E-state index in [0.717, 1.165) is 30.9 Å². The average Bonchev–Trinajstić information content (AvgIpc) is 2.82. The summed E-state index contributed by atoms with van der Waals surface area (Å²) in [5, 5.41) is 0. The summed E-state index contributed by atoms with van der Waals surface area (Å²) in [7, 11) is 1.93. The Balaban J connectivity index is 1.68. The molecular formula is C21H31N3O2. The number of nitrogens with zero attached hydrogens (tertiary/aromatic N) is 3. The van der Waals surface area contributed by atoms with Crippen LogP contribution in [0.2, 0.25) is 0 Å². The van der Waals surface area contributed by atoms with Crippen LogP contribution < -0.4 is 9.80 Å². The fourth-order valence-electron chi connectivity index (χ4n) is 4.25. The van der Waals surface area contributed by atoms with Crippen molar-refractivity contribution in [3.63, 3.8) is 0 Å². The van der Waals surface area contributed by atoms with E-state index in [2.05, 4.69) is 4.90 Å². The Kier molecular flexibility index (Phi) is 6.17. The lowest BCUT2D eigenvalue weighted by atomic mass is 9.89. The number of rotatable bonds is 4. The fourth-order valence-corrected chi connectivity index (χ4v) is 4.25. The topological polar surface area (TPSA) is 43.9 Å². The van der Waals surface area contributed by atoms with Gasteiger partial charge in [-0.15, -0.1) is 0 Å². The first-order valence-electron chi connectivity index (χ1n) is 9.92. The first-order valence-corrected chi connectivity index (χ1v) is 9.92. The zero-order valence-electron chi connectivity index (χ0n) is 16.1. The highest BCUT2D eigenvalue weighted by atomic mass is 16.2. The molecule has 1 aromatic rings. The van der Waals surface area contributed by atoms with Gasteiger partial charge in [-0.25, -0.2) is 0 Å². The van der Waals surface area contributed by atoms with Gasteiger partial charge in [-0.2, -0.15) is 0 Å². The van der Waals surface area contributed by atoms with Crippen LogP contribution in [0.3, 0.4) is 0 Å². The highest BCUT2D eigenvalue weighted by molar-refractivity contribution is 5.96. The van der Waals surface area contributed by atoms with Gasteiger partial charge in [0.15, 0.2) is 0 Å². The number of benzene rings is 1. The molecule has 1 aliphatic carbocycles. The minimum Gasteiger partial charge on any atom is -0.360 e. The molecule has 1 aromatic carbocycles. The summed E-state index contributed by atoms with van der Waals surface area (Å²) in [5.41, 5.74) is 1.90.